The van der Waals surface area contributed by atoms with Crippen molar-refractivity contribution in [3.05, 3.63) is 29.8 Å². The van der Waals surface area contributed by atoms with Gasteiger partial charge in [-0.25, -0.2) is 4.79 Å². The zero-order valence-corrected chi connectivity index (χ0v) is 12.0. The van der Waals surface area contributed by atoms with E-state index in [9.17, 15) is 9.59 Å². The monoisotopic (exact) mass is 292 g/mol. The molecule has 0 saturated heterocycles. The van der Waals surface area contributed by atoms with Crippen LogP contribution < -0.4 is 5.32 Å². The minimum Gasteiger partial charge on any atom is -0.480 e. The standard InChI is InChI=1S/C15H20N2O4/c1-21-10-12-3-2-4-13(7-12)16-15(20)17(9-14(18)19)8-11-5-6-11/h2-4,7,11H,5-6,8-10H2,1H3,(H,16,20)(H,18,19). The number of carboxylic acids is 1. The smallest absolute Gasteiger partial charge is 0.323 e. The predicted octanol–water partition coefficient (Wildman–Crippen LogP) is 2.16. The molecule has 1 aromatic carbocycles. The topological polar surface area (TPSA) is 78.9 Å². The quantitative estimate of drug-likeness (QED) is 0.807. The number of carbonyl (C=O) groups excluding carboxylic acids is 1. The van der Waals surface area contributed by atoms with E-state index in [-0.39, 0.29) is 12.6 Å². The Labute approximate surface area is 123 Å². The minimum absolute atomic E-state index is 0.278. The first-order valence-electron chi connectivity index (χ1n) is 6.94. The summed E-state index contributed by atoms with van der Waals surface area (Å²) in [6.45, 7) is 0.681. The third kappa shape index (κ3) is 5.07. The van der Waals surface area contributed by atoms with Crippen LogP contribution in [0.4, 0.5) is 10.5 Å². The Morgan fingerprint density at radius 1 is 1.43 bits per heavy atom. The van der Waals surface area contributed by atoms with Crippen LogP contribution in [0, 0.1) is 5.92 Å². The summed E-state index contributed by atoms with van der Waals surface area (Å²) >= 11 is 0. The largest absolute Gasteiger partial charge is 0.480 e. The van der Waals surface area contributed by atoms with Crippen molar-refractivity contribution in [2.45, 2.75) is 19.4 Å². The first-order chi connectivity index (χ1) is 10.1. The Bertz CT molecular complexity index is 514. The molecule has 21 heavy (non-hydrogen) atoms. The van der Waals surface area contributed by atoms with Crippen molar-refractivity contribution in [3.63, 3.8) is 0 Å². The van der Waals surface area contributed by atoms with Crippen molar-refractivity contribution in [1.82, 2.24) is 4.90 Å². The number of carbonyl (C=O) groups is 2. The number of anilines is 1. The first kappa shape index (κ1) is 15.3. The van der Waals surface area contributed by atoms with Crippen LogP contribution in [-0.4, -0.2) is 42.2 Å². The number of nitrogens with zero attached hydrogens (tertiary/aromatic N) is 1. The molecule has 1 aromatic rings. The fourth-order valence-corrected chi connectivity index (χ4v) is 2.10. The van der Waals surface area contributed by atoms with Crippen molar-refractivity contribution in [2.75, 3.05) is 25.5 Å². The maximum atomic E-state index is 12.2. The van der Waals surface area contributed by atoms with Crippen LogP contribution in [0.1, 0.15) is 18.4 Å². The number of benzene rings is 1. The van der Waals surface area contributed by atoms with E-state index in [0.29, 0.717) is 24.8 Å². The van der Waals surface area contributed by atoms with E-state index in [0.717, 1.165) is 18.4 Å². The molecule has 0 unspecified atom stereocenters. The third-order valence-corrected chi connectivity index (χ3v) is 3.28. The number of aliphatic carboxylic acids is 1. The summed E-state index contributed by atoms with van der Waals surface area (Å²) in [6, 6.07) is 6.94. The Morgan fingerprint density at radius 2 is 2.19 bits per heavy atom. The van der Waals surface area contributed by atoms with Crippen LogP contribution >= 0.6 is 0 Å². The molecule has 2 amide bonds. The highest BCUT2D eigenvalue weighted by molar-refractivity contribution is 5.91. The first-order valence-corrected chi connectivity index (χ1v) is 6.94. The summed E-state index contributed by atoms with van der Waals surface area (Å²) in [5, 5.41) is 11.7. The van der Waals surface area contributed by atoms with Crippen molar-refractivity contribution in [3.8, 4) is 0 Å². The van der Waals surface area contributed by atoms with Crippen molar-refractivity contribution >= 4 is 17.7 Å². The molecule has 0 atom stereocenters. The van der Waals surface area contributed by atoms with Gasteiger partial charge in [0, 0.05) is 19.3 Å². The van der Waals surface area contributed by atoms with Crippen LogP contribution in [0.5, 0.6) is 0 Å². The van der Waals surface area contributed by atoms with Gasteiger partial charge in [0.05, 0.1) is 6.61 Å². The summed E-state index contributed by atoms with van der Waals surface area (Å²) < 4.78 is 5.05. The van der Waals surface area contributed by atoms with Gasteiger partial charge in [-0.05, 0) is 36.5 Å². The van der Waals surface area contributed by atoms with Crippen molar-refractivity contribution in [1.29, 1.82) is 0 Å². The summed E-state index contributed by atoms with van der Waals surface area (Å²) in [7, 11) is 1.61. The molecular formula is C15H20N2O4. The number of hydrogen-bond donors (Lipinski definition) is 2. The van der Waals surface area contributed by atoms with Gasteiger partial charge in [0.2, 0.25) is 0 Å². The van der Waals surface area contributed by atoms with E-state index in [1.54, 1.807) is 13.2 Å². The lowest BCUT2D eigenvalue weighted by molar-refractivity contribution is -0.137. The minimum atomic E-state index is -1.00. The molecule has 0 spiro atoms. The van der Waals surface area contributed by atoms with E-state index in [4.69, 9.17) is 9.84 Å². The van der Waals surface area contributed by atoms with E-state index >= 15 is 0 Å². The molecule has 0 aliphatic heterocycles. The van der Waals surface area contributed by atoms with E-state index in [1.807, 2.05) is 18.2 Å². The SMILES string of the molecule is COCc1cccc(NC(=O)N(CC(=O)O)CC2CC2)c1. The van der Waals surface area contributed by atoms with Gasteiger partial charge in [-0.15, -0.1) is 0 Å². The fraction of sp³-hybridized carbons (Fsp3) is 0.467. The molecule has 1 aliphatic rings. The lowest BCUT2D eigenvalue weighted by Crippen LogP contribution is -2.40. The zero-order valence-electron chi connectivity index (χ0n) is 12.0. The molecule has 1 saturated carbocycles. The Kier molecular flexibility index (Phi) is 5.16. The number of carboxylic acid groups (broad SMARTS) is 1. The number of methoxy groups -OCH3 is 1. The van der Waals surface area contributed by atoms with Crippen LogP contribution in [0.3, 0.4) is 0 Å². The maximum absolute atomic E-state index is 12.2. The molecule has 1 aliphatic carbocycles. The summed E-state index contributed by atoms with van der Waals surface area (Å²) in [4.78, 5) is 24.4. The Balaban J connectivity index is 1.99. The van der Waals surface area contributed by atoms with Crippen LogP contribution in [0.25, 0.3) is 0 Å². The number of nitrogens with one attached hydrogen (secondary N) is 1. The summed E-state index contributed by atoms with van der Waals surface area (Å²) in [6.07, 6.45) is 2.12. The van der Waals surface area contributed by atoms with E-state index in [1.165, 1.54) is 4.90 Å². The van der Waals surface area contributed by atoms with Gasteiger partial charge >= 0.3 is 12.0 Å². The van der Waals surface area contributed by atoms with E-state index < -0.39 is 5.97 Å². The molecule has 0 bridgehead atoms. The molecular weight excluding hydrogens is 272 g/mol. The van der Waals surface area contributed by atoms with Gasteiger partial charge in [-0.3, -0.25) is 4.79 Å². The van der Waals surface area contributed by atoms with Gasteiger partial charge in [0.15, 0.2) is 0 Å². The second-order valence-electron chi connectivity index (χ2n) is 5.28. The third-order valence-electron chi connectivity index (χ3n) is 3.28. The van der Waals surface area contributed by atoms with Crippen molar-refractivity contribution < 1.29 is 19.4 Å². The van der Waals surface area contributed by atoms with Gasteiger partial charge < -0.3 is 20.1 Å². The second kappa shape index (κ2) is 7.08. The molecule has 0 aromatic heterocycles. The van der Waals surface area contributed by atoms with Gasteiger partial charge in [0.1, 0.15) is 6.54 Å². The molecule has 0 heterocycles. The highest BCUT2D eigenvalue weighted by atomic mass is 16.5. The normalized spacial score (nSPS) is 13.8. The lowest BCUT2D eigenvalue weighted by Gasteiger charge is -2.21. The molecule has 114 valence electrons. The highest BCUT2D eigenvalue weighted by Crippen LogP contribution is 2.29. The maximum Gasteiger partial charge on any atom is 0.323 e. The van der Waals surface area contributed by atoms with Crippen LogP contribution in [0.15, 0.2) is 24.3 Å². The number of urea groups is 1. The molecule has 2 N–H and O–H groups in total. The van der Waals surface area contributed by atoms with Gasteiger partial charge in [-0.1, -0.05) is 12.1 Å². The average molecular weight is 292 g/mol. The zero-order chi connectivity index (χ0) is 15.2. The van der Waals surface area contributed by atoms with Gasteiger partial charge in [0.25, 0.3) is 0 Å². The van der Waals surface area contributed by atoms with Crippen molar-refractivity contribution in [2.24, 2.45) is 5.92 Å². The van der Waals surface area contributed by atoms with Crippen LogP contribution in [-0.2, 0) is 16.1 Å². The number of ether oxygens (including phenoxy) is 1. The Hall–Kier alpha value is -2.08. The van der Waals surface area contributed by atoms with Gasteiger partial charge in [-0.2, -0.15) is 0 Å². The summed E-state index contributed by atoms with van der Waals surface area (Å²) in [5.74, 6) is -0.561. The fourth-order valence-electron chi connectivity index (χ4n) is 2.10. The highest BCUT2D eigenvalue weighted by Gasteiger charge is 2.28. The molecule has 2 rings (SSSR count). The number of rotatable bonds is 7. The number of amides is 2. The molecule has 1 fully saturated rings. The number of hydrogen-bond acceptors (Lipinski definition) is 3. The van der Waals surface area contributed by atoms with Crippen LogP contribution in [0.2, 0.25) is 0 Å². The average Bonchev–Trinajstić information content (AvgIpc) is 3.22. The summed E-state index contributed by atoms with van der Waals surface area (Å²) in [5.41, 5.74) is 1.59. The molecule has 0 radical (unpaired) electrons. The molecule has 6 nitrogen and oxygen atoms in total. The molecule has 6 heteroatoms. The lowest BCUT2D eigenvalue weighted by atomic mass is 10.2. The van der Waals surface area contributed by atoms with E-state index in [2.05, 4.69) is 5.32 Å². The second-order valence-corrected chi connectivity index (χ2v) is 5.28. The predicted molar refractivity (Wildman–Crippen MR) is 78.1 cm³/mol. The Morgan fingerprint density at radius 3 is 2.81 bits per heavy atom.